The number of thioether (sulfide) groups is 1. The highest BCUT2D eigenvalue weighted by Gasteiger charge is 2.28. The minimum absolute atomic E-state index is 0.112. The molecular weight excluding hydrogens is 484 g/mol. The summed E-state index contributed by atoms with van der Waals surface area (Å²) in [6.45, 7) is -0.153. The lowest BCUT2D eigenvalue weighted by molar-refractivity contribution is -0.121. The molecule has 1 saturated heterocycles. The first-order chi connectivity index (χ1) is 13.3. The summed E-state index contributed by atoms with van der Waals surface area (Å²) in [5.41, 5.74) is 1.36. The van der Waals surface area contributed by atoms with Crippen molar-refractivity contribution in [2.45, 2.75) is 0 Å². The summed E-state index contributed by atoms with van der Waals surface area (Å²) >= 11 is 15.8. The molecule has 1 aliphatic heterocycles. The van der Waals surface area contributed by atoms with Crippen LogP contribution in [0, 0.1) is 0 Å². The van der Waals surface area contributed by atoms with Crippen molar-refractivity contribution in [3.63, 3.8) is 0 Å². The highest BCUT2D eigenvalue weighted by atomic mass is 79.9. The van der Waals surface area contributed by atoms with Gasteiger partial charge >= 0.3 is 0 Å². The third kappa shape index (κ3) is 5.14. The molecule has 0 spiro atoms. The predicted molar refractivity (Wildman–Crippen MR) is 121 cm³/mol. The Hall–Kier alpha value is -1.87. The fourth-order valence-corrected chi connectivity index (χ4v) is 4.18. The van der Waals surface area contributed by atoms with E-state index in [1.807, 2.05) is 0 Å². The number of hydrogen-bond acceptors (Lipinski definition) is 5. The van der Waals surface area contributed by atoms with Crippen LogP contribution in [-0.4, -0.2) is 34.7 Å². The summed E-state index contributed by atoms with van der Waals surface area (Å²) in [6, 6.07) is 12.3. The first kappa shape index (κ1) is 20.9. The highest BCUT2D eigenvalue weighted by molar-refractivity contribution is 9.10. The molecule has 1 aliphatic rings. The summed E-state index contributed by atoms with van der Waals surface area (Å²) in [4.78, 5) is 26.1. The number of ether oxygens (including phenoxy) is 1. The normalized spacial score (nSPS) is 15.2. The van der Waals surface area contributed by atoms with Crippen LogP contribution in [0.1, 0.15) is 5.56 Å². The summed E-state index contributed by atoms with van der Waals surface area (Å²) in [6.07, 6.45) is 1.77. The first-order valence-electron chi connectivity index (χ1n) is 8.03. The molecule has 3 rings (SSSR count). The Morgan fingerprint density at radius 3 is 2.64 bits per heavy atom. The molecular formula is C19H14BrClN2O3S2. The first-order valence-corrected chi connectivity index (χ1v) is 10.4. The van der Waals surface area contributed by atoms with E-state index in [-0.39, 0.29) is 18.4 Å². The number of likely N-dealkylation sites (N-methyl/N-ethyl adjacent to an activating group) is 1. The number of nitrogens with zero attached hydrogens (tertiary/aromatic N) is 1. The van der Waals surface area contributed by atoms with Gasteiger partial charge in [-0.15, -0.1) is 0 Å². The van der Waals surface area contributed by atoms with E-state index in [2.05, 4.69) is 21.2 Å². The van der Waals surface area contributed by atoms with Crippen LogP contribution in [0.2, 0.25) is 5.02 Å². The minimum atomic E-state index is -0.320. The molecule has 9 heteroatoms. The van der Waals surface area contributed by atoms with Gasteiger partial charge in [0.15, 0.2) is 6.61 Å². The van der Waals surface area contributed by atoms with Crippen molar-refractivity contribution in [2.75, 3.05) is 19.0 Å². The van der Waals surface area contributed by atoms with Gasteiger partial charge in [0.05, 0.1) is 15.6 Å². The maximum Gasteiger partial charge on any atom is 0.265 e. The van der Waals surface area contributed by atoms with Crippen molar-refractivity contribution in [1.29, 1.82) is 0 Å². The molecule has 1 N–H and O–H groups in total. The van der Waals surface area contributed by atoms with Gasteiger partial charge in [0, 0.05) is 11.5 Å². The number of carbonyl (C=O) groups is 2. The van der Waals surface area contributed by atoms with Crippen LogP contribution in [0.5, 0.6) is 5.75 Å². The average molecular weight is 498 g/mol. The van der Waals surface area contributed by atoms with Crippen molar-refractivity contribution >= 4 is 79.4 Å². The van der Waals surface area contributed by atoms with Crippen molar-refractivity contribution in [2.24, 2.45) is 0 Å². The van der Waals surface area contributed by atoms with E-state index < -0.39 is 0 Å². The second-order valence-corrected chi connectivity index (χ2v) is 8.77. The highest BCUT2D eigenvalue weighted by Crippen LogP contribution is 2.31. The van der Waals surface area contributed by atoms with Crippen LogP contribution in [0.15, 0.2) is 51.8 Å². The molecule has 1 heterocycles. The summed E-state index contributed by atoms with van der Waals surface area (Å²) in [5, 5.41) is 3.13. The molecule has 1 fully saturated rings. The Morgan fingerprint density at radius 1 is 1.32 bits per heavy atom. The van der Waals surface area contributed by atoms with Crippen LogP contribution in [0.4, 0.5) is 5.69 Å². The Kier molecular flexibility index (Phi) is 6.77. The zero-order valence-electron chi connectivity index (χ0n) is 14.6. The van der Waals surface area contributed by atoms with Crippen molar-refractivity contribution in [3.8, 4) is 5.75 Å². The minimum Gasteiger partial charge on any atom is -0.484 e. The number of hydrogen-bond donors (Lipinski definition) is 1. The topological polar surface area (TPSA) is 58.6 Å². The lowest BCUT2D eigenvalue weighted by Gasteiger charge is -2.09. The van der Waals surface area contributed by atoms with E-state index in [0.29, 0.717) is 25.7 Å². The second-order valence-electron chi connectivity index (χ2n) is 5.77. The van der Waals surface area contributed by atoms with Gasteiger partial charge in [0.25, 0.3) is 11.8 Å². The monoisotopic (exact) mass is 496 g/mol. The number of amides is 2. The Bertz CT molecular complexity index is 980. The van der Waals surface area contributed by atoms with Crippen LogP contribution >= 0.6 is 51.5 Å². The van der Waals surface area contributed by atoms with E-state index in [4.69, 9.17) is 28.6 Å². The zero-order chi connectivity index (χ0) is 20.3. The van der Waals surface area contributed by atoms with Gasteiger partial charge in [-0.3, -0.25) is 14.5 Å². The SMILES string of the molecule is CN1C(=O)/C(=C\c2ccc(OCC(=O)Nc3ccc(Br)cc3Cl)cc2)SC1=S. The van der Waals surface area contributed by atoms with Crippen LogP contribution in [-0.2, 0) is 9.59 Å². The Balaban J connectivity index is 1.56. The number of thiocarbonyl (C=S) groups is 1. The molecule has 0 radical (unpaired) electrons. The Morgan fingerprint density at radius 2 is 2.04 bits per heavy atom. The molecule has 2 aromatic carbocycles. The molecule has 0 saturated carbocycles. The quantitative estimate of drug-likeness (QED) is 0.468. The molecule has 0 unspecified atom stereocenters. The molecule has 0 bridgehead atoms. The van der Waals surface area contributed by atoms with Gasteiger partial charge < -0.3 is 10.1 Å². The van der Waals surface area contributed by atoms with Crippen molar-refractivity contribution in [1.82, 2.24) is 4.90 Å². The summed E-state index contributed by atoms with van der Waals surface area (Å²) in [5.74, 6) is 0.107. The molecule has 28 heavy (non-hydrogen) atoms. The molecule has 0 aliphatic carbocycles. The van der Waals surface area contributed by atoms with Gasteiger partial charge in [-0.1, -0.05) is 63.6 Å². The maximum absolute atomic E-state index is 12.0. The summed E-state index contributed by atoms with van der Waals surface area (Å²) < 4.78 is 6.86. The number of carbonyl (C=O) groups excluding carboxylic acids is 2. The average Bonchev–Trinajstić information content (AvgIpc) is 2.90. The van der Waals surface area contributed by atoms with Gasteiger partial charge in [0.2, 0.25) is 0 Å². The molecule has 0 aromatic heterocycles. The number of rotatable bonds is 5. The fraction of sp³-hybridized carbons (Fsp3) is 0.105. The zero-order valence-corrected chi connectivity index (χ0v) is 18.5. The molecule has 144 valence electrons. The smallest absolute Gasteiger partial charge is 0.265 e. The summed E-state index contributed by atoms with van der Waals surface area (Å²) in [7, 11) is 1.65. The van der Waals surface area contributed by atoms with E-state index in [0.717, 1.165) is 10.0 Å². The Labute approximate surface area is 185 Å². The number of benzene rings is 2. The number of halogens is 2. The predicted octanol–water partition coefficient (Wildman–Crippen LogP) is 4.95. The molecule has 0 atom stereocenters. The van der Waals surface area contributed by atoms with Crippen LogP contribution in [0.3, 0.4) is 0 Å². The molecule has 2 amide bonds. The third-order valence-corrected chi connectivity index (χ3v) is 6.03. The number of anilines is 1. The molecule has 2 aromatic rings. The van der Waals surface area contributed by atoms with Gasteiger partial charge in [0.1, 0.15) is 10.1 Å². The third-order valence-electron chi connectivity index (χ3n) is 3.74. The second kappa shape index (κ2) is 9.09. The van der Waals surface area contributed by atoms with E-state index in [1.165, 1.54) is 16.7 Å². The lowest BCUT2D eigenvalue weighted by atomic mass is 10.2. The van der Waals surface area contributed by atoms with Gasteiger partial charge in [-0.25, -0.2) is 0 Å². The molecule has 5 nitrogen and oxygen atoms in total. The lowest BCUT2D eigenvalue weighted by Crippen LogP contribution is -2.22. The van der Waals surface area contributed by atoms with Crippen molar-refractivity contribution in [3.05, 3.63) is 62.4 Å². The number of nitrogens with one attached hydrogen (secondary N) is 1. The van der Waals surface area contributed by atoms with Crippen LogP contribution in [0.25, 0.3) is 6.08 Å². The standard InChI is InChI=1S/C19H14BrClN2O3S2/c1-23-18(25)16(28-19(23)27)8-11-2-5-13(6-3-11)26-10-17(24)22-15-7-4-12(20)9-14(15)21/h2-9H,10H2,1H3,(H,22,24)/b16-8+. The van der Waals surface area contributed by atoms with Crippen LogP contribution < -0.4 is 10.1 Å². The van der Waals surface area contributed by atoms with E-state index in [9.17, 15) is 9.59 Å². The van der Waals surface area contributed by atoms with Crippen molar-refractivity contribution < 1.29 is 14.3 Å². The van der Waals surface area contributed by atoms with E-state index >= 15 is 0 Å². The van der Waals surface area contributed by atoms with Gasteiger partial charge in [-0.2, -0.15) is 0 Å². The van der Waals surface area contributed by atoms with Gasteiger partial charge in [-0.05, 0) is 42.0 Å². The maximum atomic E-state index is 12.0. The van der Waals surface area contributed by atoms with E-state index in [1.54, 1.807) is 55.6 Å². The fourth-order valence-electron chi connectivity index (χ4n) is 2.28. The largest absolute Gasteiger partial charge is 0.484 e.